The van der Waals surface area contributed by atoms with Gasteiger partial charge in [-0.2, -0.15) is 5.26 Å². The van der Waals surface area contributed by atoms with Crippen LogP contribution in [-0.2, 0) is 10.2 Å². The van der Waals surface area contributed by atoms with Crippen LogP contribution in [0.4, 0.5) is 0 Å². The van der Waals surface area contributed by atoms with Crippen LogP contribution in [0.5, 0.6) is 11.5 Å². The second kappa shape index (κ2) is 7.01. The van der Waals surface area contributed by atoms with E-state index in [0.717, 1.165) is 5.75 Å². The zero-order valence-corrected chi connectivity index (χ0v) is 13.9. The van der Waals surface area contributed by atoms with Gasteiger partial charge in [-0.15, -0.1) is 0 Å². The van der Waals surface area contributed by atoms with E-state index in [0.29, 0.717) is 11.3 Å². The van der Waals surface area contributed by atoms with E-state index in [9.17, 15) is 4.79 Å². The molecule has 24 heavy (non-hydrogen) atoms. The summed E-state index contributed by atoms with van der Waals surface area (Å²) < 4.78 is 5.78. The van der Waals surface area contributed by atoms with Crippen molar-refractivity contribution in [2.75, 3.05) is 0 Å². The number of carboxylic acids is 1. The van der Waals surface area contributed by atoms with Gasteiger partial charge < -0.3 is 9.84 Å². The lowest BCUT2D eigenvalue weighted by Gasteiger charge is -2.19. The fourth-order valence-electron chi connectivity index (χ4n) is 2.10. The molecular weight excluding hydrogens is 302 g/mol. The molecule has 0 spiro atoms. The fraction of sp³-hybridized carbons (Fsp3) is 0.200. The zero-order valence-electron chi connectivity index (χ0n) is 13.9. The molecule has 122 valence electrons. The van der Waals surface area contributed by atoms with Crippen molar-refractivity contribution >= 4 is 12.0 Å². The van der Waals surface area contributed by atoms with Gasteiger partial charge in [-0.05, 0) is 46.9 Å². The van der Waals surface area contributed by atoms with Crippen molar-refractivity contribution in [3.63, 3.8) is 0 Å². The van der Waals surface area contributed by atoms with Gasteiger partial charge in [-0.3, -0.25) is 0 Å². The molecule has 0 saturated carbocycles. The summed E-state index contributed by atoms with van der Waals surface area (Å²) in [5, 5.41) is 17.6. The van der Waals surface area contributed by atoms with Crippen molar-refractivity contribution in [2.45, 2.75) is 26.2 Å². The molecular formula is C20H19NO3. The van der Waals surface area contributed by atoms with Gasteiger partial charge in [0.2, 0.25) is 0 Å². The number of carbonyl (C=O) groups is 1. The van der Waals surface area contributed by atoms with Crippen LogP contribution in [0.25, 0.3) is 6.08 Å². The predicted octanol–water partition coefficient (Wildman–Crippen LogP) is 4.77. The molecule has 0 bridgehead atoms. The average Bonchev–Trinajstić information content (AvgIpc) is 2.53. The average molecular weight is 321 g/mol. The van der Waals surface area contributed by atoms with Gasteiger partial charge >= 0.3 is 5.97 Å². The predicted molar refractivity (Wildman–Crippen MR) is 92.9 cm³/mol. The molecule has 0 aromatic heterocycles. The van der Waals surface area contributed by atoms with E-state index < -0.39 is 5.97 Å². The Kier molecular flexibility index (Phi) is 5.05. The minimum atomic E-state index is -1.24. The molecule has 0 aliphatic heterocycles. The molecule has 0 aliphatic carbocycles. The maximum Gasteiger partial charge on any atom is 0.346 e. The molecule has 0 unspecified atom stereocenters. The molecule has 0 fully saturated rings. The van der Waals surface area contributed by atoms with Crippen molar-refractivity contribution < 1.29 is 14.6 Å². The Morgan fingerprint density at radius 1 is 1.04 bits per heavy atom. The number of aliphatic carboxylic acids is 1. The van der Waals surface area contributed by atoms with Gasteiger partial charge in [0.15, 0.2) is 0 Å². The van der Waals surface area contributed by atoms with Gasteiger partial charge in [0.05, 0.1) is 0 Å². The van der Waals surface area contributed by atoms with Crippen LogP contribution in [0.2, 0.25) is 0 Å². The quantitative estimate of drug-likeness (QED) is 0.650. The Bertz CT molecular complexity index is 789. The number of nitrogens with zero attached hydrogens (tertiary/aromatic N) is 1. The standard InChI is InChI=1S/C20H19NO3/c1-20(2,3)16-6-10-18(11-7-16)24-17-8-4-14(5-9-17)12-15(13-21)19(22)23/h4-12H,1-3H3,(H,22,23). The first-order valence-electron chi connectivity index (χ1n) is 7.53. The number of carboxylic acid groups (broad SMARTS) is 1. The largest absolute Gasteiger partial charge is 0.477 e. The summed E-state index contributed by atoms with van der Waals surface area (Å²) in [6, 6.07) is 16.5. The molecule has 4 nitrogen and oxygen atoms in total. The topological polar surface area (TPSA) is 70.3 Å². The Morgan fingerprint density at radius 3 is 1.96 bits per heavy atom. The van der Waals surface area contributed by atoms with Crippen molar-refractivity contribution in [3.8, 4) is 17.6 Å². The van der Waals surface area contributed by atoms with E-state index in [2.05, 4.69) is 20.8 Å². The van der Waals surface area contributed by atoms with Gasteiger partial charge in [0.1, 0.15) is 23.1 Å². The monoisotopic (exact) mass is 321 g/mol. The highest BCUT2D eigenvalue weighted by Crippen LogP contribution is 2.27. The zero-order chi connectivity index (χ0) is 17.7. The minimum Gasteiger partial charge on any atom is -0.477 e. The minimum absolute atomic E-state index is 0.0924. The molecule has 2 aromatic carbocycles. The Morgan fingerprint density at radius 2 is 1.54 bits per heavy atom. The van der Waals surface area contributed by atoms with Gasteiger partial charge in [-0.1, -0.05) is 45.0 Å². The van der Waals surface area contributed by atoms with E-state index in [-0.39, 0.29) is 11.0 Å². The van der Waals surface area contributed by atoms with Gasteiger partial charge in [-0.25, -0.2) is 4.79 Å². The number of hydrogen-bond acceptors (Lipinski definition) is 3. The summed E-state index contributed by atoms with van der Waals surface area (Å²) in [6.07, 6.45) is 1.32. The normalized spacial score (nSPS) is 11.7. The fourth-order valence-corrected chi connectivity index (χ4v) is 2.10. The highest BCUT2D eigenvalue weighted by molar-refractivity contribution is 5.96. The first-order chi connectivity index (χ1) is 11.3. The number of hydrogen-bond donors (Lipinski definition) is 1. The van der Waals surface area contributed by atoms with Crippen LogP contribution in [0.15, 0.2) is 54.1 Å². The van der Waals surface area contributed by atoms with Crippen molar-refractivity contribution in [3.05, 3.63) is 65.2 Å². The van der Waals surface area contributed by atoms with Gasteiger partial charge in [0, 0.05) is 0 Å². The molecule has 0 radical (unpaired) electrons. The van der Waals surface area contributed by atoms with E-state index in [1.54, 1.807) is 30.3 Å². The summed E-state index contributed by atoms with van der Waals surface area (Å²) in [4.78, 5) is 10.8. The summed E-state index contributed by atoms with van der Waals surface area (Å²) in [6.45, 7) is 6.46. The van der Waals surface area contributed by atoms with Crippen molar-refractivity contribution in [2.24, 2.45) is 0 Å². The third-order valence-electron chi connectivity index (χ3n) is 3.50. The second-order valence-corrected chi connectivity index (χ2v) is 6.42. The molecule has 2 rings (SSSR count). The van der Waals surface area contributed by atoms with Crippen LogP contribution in [0.1, 0.15) is 31.9 Å². The first-order valence-corrected chi connectivity index (χ1v) is 7.53. The molecule has 0 amide bonds. The van der Waals surface area contributed by atoms with Crippen molar-refractivity contribution in [1.82, 2.24) is 0 Å². The summed E-state index contributed by atoms with van der Waals surface area (Å²) in [5.74, 6) is 0.135. The highest BCUT2D eigenvalue weighted by Gasteiger charge is 2.13. The number of benzene rings is 2. The Labute approximate surface area is 141 Å². The molecule has 4 heteroatoms. The molecule has 0 aliphatic rings. The Hall–Kier alpha value is -3.06. The smallest absolute Gasteiger partial charge is 0.346 e. The molecule has 0 atom stereocenters. The summed E-state index contributed by atoms with van der Waals surface area (Å²) in [7, 11) is 0. The van der Waals surface area contributed by atoms with Crippen LogP contribution < -0.4 is 4.74 Å². The Balaban J connectivity index is 2.12. The molecule has 1 N–H and O–H groups in total. The summed E-state index contributed by atoms with van der Waals surface area (Å²) in [5.41, 5.74) is 1.65. The van der Waals surface area contributed by atoms with Crippen LogP contribution in [0, 0.1) is 11.3 Å². The third kappa shape index (κ3) is 4.47. The van der Waals surface area contributed by atoms with E-state index in [1.165, 1.54) is 11.6 Å². The lowest BCUT2D eigenvalue weighted by atomic mass is 9.87. The van der Waals surface area contributed by atoms with Crippen LogP contribution in [0.3, 0.4) is 0 Å². The van der Waals surface area contributed by atoms with Crippen LogP contribution in [-0.4, -0.2) is 11.1 Å². The molecule has 2 aromatic rings. The lowest BCUT2D eigenvalue weighted by molar-refractivity contribution is -0.132. The maximum atomic E-state index is 10.8. The third-order valence-corrected chi connectivity index (χ3v) is 3.50. The molecule has 0 heterocycles. The van der Waals surface area contributed by atoms with E-state index >= 15 is 0 Å². The van der Waals surface area contributed by atoms with E-state index in [4.69, 9.17) is 15.1 Å². The lowest BCUT2D eigenvalue weighted by Crippen LogP contribution is -2.10. The maximum absolute atomic E-state index is 10.8. The SMILES string of the molecule is CC(C)(C)c1ccc(Oc2ccc(C=C(C#N)C(=O)O)cc2)cc1. The highest BCUT2D eigenvalue weighted by atomic mass is 16.5. The van der Waals surface area contributed by atoms with E-state index in [1.807, 2.05) is 24.3 Å². The number of ether oxygens (including phenoxy) is 1. The summed E-state index contributed by atoms with van der Waals surface area (Å²) >= 11 is 0. The van der Waals surface area contributed by atoms with Gasteiger partial charge in [0.25, 0.3) is 0 Å². The second-order valence-electron chi connectivity index (χ2n) is 6.42. The van der Waals surface area contributed by atoms with Crippen molar-refractivity contribution in [1.29, 1.82) is 5.26 Å². The number of nitriles is 1. The van der Waals surface area contributed by atoms with Crippen LogP contribution >= 0.6 is 0 Å². The first kappa shape index (κ1) is 17.3. The molecule has 0 saturated heterocycles. The number of rotatable bonds is 4.